The molecule has 0 atom stereocenters. The molecule has 4 nitrogen and oxygen atoms in total. The van der Waals surface area contributed by atoms with E-state index in [0.717, 1.165) is 5.46 Å². The quantitative estimate of drug-likeness (QED) is 0.670. The molecule has 1 amide bonds. The standard InChI is InChI=1S/C8H10BNO3/c1-12-9(13-8(10)11)7-5-3-2-4-6-7/h2-6H,1H3,(H2,10,11). The summed E-state index contributed by atoms with van der Waals surface area (Å²) in [5, 5.41) is 0. The maximum absolute atomic E-state index is 10.5. The summed E-state index contributed by atoms with van der Waals surface area (Å²) in [6, 6.07) is 9.09. The van der Waals surface area contributed by atoms with Gasteiger partial charge in [-0.15, -0.1) is 0 Å². The molecular formula is C8H10BNO3. The van der Waals surface area contributed by atoms with Crippen LogP contribution in [0, 0.1) is 0 Å². The Morgan fingerprint density at radius 1 is 1.38 bits per heavy atom. The predicted molar refractivity (Wildman–Crippen MR) is 49.5 cm³/mol. The lowest BCUT2D eigenvalue weighted by Gasteiger charge is -2.09. The van der Waals surface area contributed by atoms with Crippen molar-refractivity contribution >= 4 is 18.7 Å². The van der Waals surface area contributed by atoms with E-state index in [1.54, 1.807) is 12.1 Å². The number of nitrogens with two attached hydrogens (primary N) is 1. The Labute approximate surface area is 76.8 Å². The number of primary amides is 1. The van der Waals surface area contributed by atoms with Crippen molar-refractivity contribution in [2.24, 2.45) is 5.73 Å². The second-order valence-electron chi connectivity index (χ2n) is 2.42. The summed E-state index contributed by atoms with van der Waals surface area (Å²) in [6.07, 6.45) is -0.851. The number of amides is 1. The molecule has 0 aliphatic heterocycles. The van der Waals surface area contributed by atoms with Crippen LogP contribution in [0.2, 0.25) is 0 Å². The largest absolute Gasteiger partial charge is 0.565 e. The van der Waals surface area contributed by atoms with E-state index >= 15 is 0 Å². The summed E-state index contributed by atoms with van der Waals surface area (Å²) >= 11 is 0. The minimum absolute atomic E-state index is 0.723. The molecule has 2 N–H and O–H groups in total. The first-order valence-electron chi connectivity index (χ1n) is 3.78. The zero-order valence-corrected chi connectivity index (χ0v) is 7.27. The van der Waals surface area contributed by atoms with Gasteiger partial charge in [-0.3, -0.25) is 0 Å². The van der Waals surface area contributed by atoms with Crippen LogP contribution in [-0.2, 0) is 9.31 Å². The normalized spacial score (nSPS) is 9.31. The third-order valence-corrected chi connectivity index (χ3v) is 1.51. The van der Waals surface area contributed by atoms with Gasteiger partial charge in [-0.25, -0.2) is 4.79 Å². The van der Waals surface area contributed by atoms with Gasteiger partial charge in [-0.2, -0.15) is 0 Å². The van der Waals surface area contributed by atoms with Crippen LogP contribution in [0.25, 0.3) is 0 Å². The van der Waals surface area contributed by atoms with Gasteiger partial charge in [0.15, 0.2) is 0 Å². The highest BCUT2D eigenvalue weighted by molar-refractivity contribution is 6.62. The van der Waals surface area contributed by atoms with Crippen LogP contribution in [0.3, 0.4) is 0 Å². The van der Waals surface area contributed by atoms with Gasteiger partial charge in [0, 0.05) is 7.11 Å². The summed E-state index contributed by atoms with van der Waals surface area (Å²) in [5.41, 5.74) is 5.62. The van der Waals surface area contributed by atoms with Crippen molar-refractivity contribution in [1.82, 2.24) is 0 Å². The molecule has 5 heteroatoms. The van der Waals surface area contributed by atoms with Gasteiger partial charge >= 0.3 is 13.2 Å². The van der Waals surface area contributed by atoms with Crippen LogP contribution >= 0.6 is 0 Å². The summed E-state index contributed by atoms with van der Waals surface area (Å²) < 4.78 is 9.63. The first-order chi connectivity index (χ1) is 6.24. The first kappa shape index (κ1) is 9.60. The average Bonchev–Trinajstić information content (AvgIpc) is 2.15. The fourth-order valence-electron chi connectivity index (χ4n) is 0.968. The van der Waals surface area contributed by atoms with Crippen molar-refractivity contribution in [2.75, 3.05) is 7.11 Å². The van der Waals surface area contributed by atoms with E-state index in [4.69, 9.17) is 15.0 Å². The summed E-state index contributed by atoms with van der Waals surface area (Å²) in [6.45, 7) is 0. The molecule has 1 aromatic carbocycles. The Morgan fingerprint density at radius 3 is 2.46 bits per heavy atom. The van der Waals surface area contributed by atoms with Crippen molar-refractivity contribution in [3.63, 3.8) is 0 Å². The first-order valence-corrected chi connectivity index (χ1v) is 3.78. The molecule has 0 aliphatic rings. The lowest BCUT2D eigenvalue weighted by molar-refractivity contribution is 0.198. The van der Waals surface area contributed by atoms with E-state index in [-0.39, 0.29) is 0 Å². The lowest BCUT2D eigenvalue weighted by atomic mass is 9.79. The fraction of sp³-hybridized carbons (Fsp3) is 0.125. The molecule has 0 spiro atoms. The number of carbonyl (C=O) groups excluding carboxylic acids is 1. The molecule has 13 heavy (non-hydrogen) atoms. The van der Waals surface area contributed by atoms with E-state index in [0.29, 0.717) is 0 Å². The molecule has 0 radical (unpaired) electrons. The van der Waals surface area contributed by atoms with Crippen molar-refractivity contribution in [3.05, 3.63) is 30.3 Å². The highest BCUT2D eigenvalue weighted by Crippen LogP contribution is 1.91. The Kier molecular flexibility index (Phi) is 3.34. The Hall–Kier alpha value is -1.49. The van der Waals surface area contributed by atoms with Gasteiger partial charge in [-0.1, -0.05) is 30.3 Å². The molecule has 0 heterocycles. The molecule has 1 aromatic rings. The van der Waals surface area contributed by atoms with Crippen molar-refractivity contribution in [1.29, 1.82) is 0 Å². The van der Waals surface area contributed by atoms with E-state index in [1.165, 1.54) is 7.11 Å². The number of hydrogen-bond acceptors (Lipinski definition) is 3. The van der Waals surface area contributed by atoms with Gasteiger partial charge < -0.3 is 15.0 Å². The van der Waals surface area contributed by atoms with Gasteiger partial charge in [0.25, 0.3) is 0 Å². The highest BCUT2D eigenvalue weighted by atomic mass is 16.6. The van der Waals surface area contributed by atoms with Gasteiger partial charge in [0.1, 0.15) is 0 Å². The van der Waals surface area contributed by atoms with Crippen molar-refractivity contribution in [3.8, 4) is 0 Å². The third-order valence-electron chi connectivity index (χ3n) is 1.51. The van der Waals surface area contributed by atoms with Gasteiger partial charge in [0.2, 0.25) is 0 Å². The molecule has 0 unspecified atom stereocenters. The maximum atomic E-state index is 10.5. The highest BCUT2D eigenvalue weighted by Gasteiger charge is 2.22. The van der Waals surface area contributed by atoms with Crippen LogP contribution in [0.1, 0.15) is 0 Å². The maximum Gasteiger partial charge on any atom is 0.565 e. The third kappa shape index (κ3) is 2.80. The number of benzene rings is 1. The lowest BCUT2D eigenvalue weighted by Crippen LogP contribution is -2.39. The van der Waals surface area contributed by atoms with Crippen LogP contribution < -0.4 is 11.2 Å². The molecular weight excluding hydrogens is 169 g/mol. The van der Waals surface area contributed by atoms with E-state index in [9.17, 15) is 4.79 Å². The second-order valence-corrected chi connectivity index (χ2v) is 2.42. The summed E-state index contributed by atoms with van der Waals surface area (Å²) in [7, 11) is 0.722. The van der Waals surface area contributed by atoms with Crippen LogP contribution in [0.4, 0.5) is 4.79 Å². The topological polar surface area (TPSA) is 61.6 Å². The smallest absolute Gasteiger partial charge is 0.489 e. The van der Waals surface area contributed by atoms with Crippen LogP contribution in [0.15, 0.2) is 30.3 Å². The predicted octanol–water partition coefficient (Wildman–Crippen LogP) is 0.123. The van der Waals surface area contributed by atoms with E-state index < -0.39 is 13.2 Å². The van der Waals surface area contributed by atoms with Gasteiger partial charge in [0.05, 0.1) is 0 Å². The van der Waals surface area contributed by atoms with E-state index in [1.807, 2.05) is 18.2 Å². The van der Waals surface area contributed by atoms with Crippen molar-refractivity contribution < 1.29 is 14.1 Å². The Balaban J connectivity index is 2.73. The molecule has 0 aliphatic carbocycles. The minimum atomic E-state index is -0.851. The minimum Gasteiger partial charge on any atom is -0.489 e. The number of carbonyl (C=O) groups is 1. The summed E-state index contributed by atoms with van der Waals surface area (Å²) in [5.74, 6) is 0. The molecule has 0 aromatic heterocycles. The molecule has 1 rings (SSSR count). The number of rotatable bonds is 3. The second kappa shape index (κ2) is 4.52. The Bertz CT molecular complexity index is 278. The number of hydrogen-bond donors (Lipinski definition) is 1. The Morgan fingerprint density at radius 2 is 2.00 bits per heavy atom. The molecule has 0 fully saturated rings. The van der Waals surface area contributed by atoms with Crippen molar-refractivity contribution in [2.45, 2.75) is 0 Å². The average molecular weight is 179 g/mol. The zero-order valence-electron chi connectivity index (χ0n) is 7.27. The molecule has 0 saturated carbocycles. The molecule has 0 bridgehead atoms. The molecule has 68 valence electrons. The monoisotopic (exact) mass is 179 g/mol. The van der Waals surface area contributed by atoms with Crippen LogP contribution in [-0.4, -0.2) is 20.3 Å². The SMILES string of the molecule is COB(OC(N)=O)c1ccccc1. The zero-order chi connectivity index (χ0) is 9.68. The van der Waals surface area contributed by atoms with Gasteiger partial charge in [-0.05, 0) is 5.46 Å². The van der Waals surface area contributed by atoms with Crippen LogP contribution in [0.5, 0.6) is 0 Å². The fourth-order valence-corrected chi connectivity index (χ4v) is 0.968. The summed E-state index contributed by atoms with van der Waals surface area (Å²) in [4.78, 5) is 10.5. The molecule has 0 saturated heterocycles. The van der Waals surface area contributed by atoms with E-state index in [2.05, 4.69) is 0 Å².